The molecule has 0 saturated heterocycles. The second kappa shape index (κ2) is 2.78. The van der Waals surface area contributed by atoms with Crippen molar-refractivity contribution in [1.29, 1.82) is 0 Å². The van der Waals surface area contributed by atoms with Gasteiger partial charge >= 0.3 is 0 Å². The van der Waals surface area contributed by atoms with E-state index in [1.807, 2.05) is 0 Å². The van der Waals surface area contributed by atoms with E-state index in [-0.39, 0.29) is 0 Å². The van der Waals surface area contributed by atoms with E-state index in [2.05, 4.69) is 0 Å². The van der Waals surface area contributed by atoms with Crippen LogP contribution in [-0.4, -0.2) is 11.0 Å². The van der Waals surface area contributed by atoms with Crippen LogP contribution in [0.15, 0.2) is 23.3 Å². The van der Waals surface area contributed by atoms with E-state index >= 15 is 0 Å². The molecule has 0 bridgehead atoms. The predicted molar refractivity (Wildman–Crippen MR) is 27.8 cm³/mol. The van der Waals surface area contributed by atoms with Crippen molar-refractivity contribution in [3.8, 4) is 0 Å². The normalized spacial score (nSPS) is 31.6. The summed E-state index contributed by atoms with van der Waals surface area (Å²) in [6.07, 6.45) is -2.50. The lowest BCUT2D eigenvalue weighted by Crippen LogP contribution is -2.43. The van der Waals surface area contributed by atoms with Crippen molar-refractivity contribution >= 4 is 0 Å². The minimum absolute atomic E-state index is 2.45. The molecule has 73 valence electrons. The van der Waals surface area contributed by atoms with Gasteiger partial charge in [-0.05, 0) is 0 Å². The third kappa shape index (κ3) is 1.24. The van der Waals surface area contributed by atoms with Crippen molar-refractivity contribution in [3.05, 3.63) is 29.4 Å². The molecular weight excluding hydrogens is 199 g/mol. The van der Waals surface area contributed by atoms with Gasteiger partial charge in [-0.2, -0.15) is 0 Å². The van der Waals surface area contributed by atoms with Crippen molar-refractivity contribution in [2.45, 2.75) is 5.85 Å². The molecule has 0 aromatic carbocycles. The second-order valence-electron chi connectivity index (χ2n) is 2.21. The van der Waals surface area contributed by atoms with Gasteiger partial charge in [-0.1, -0.05) is 0 Å². The van der Waals surface area contributed by atoms with Crippen LogP contribution in [0, 0.1) is 6.10 Å². The molecule has 1 aliphatic rings. The van der Waals surface area contributed by atoms with Crippen LogP contribution in [0.1, 0.15) is 0 Å². The van der Waals surface area contributed by atoms with Crippen LogP contribution >= 0.6 is 0 Å². The van der Waals surface area contributed by atoms with E-state index in [0.29, 0.717) is 0 Å². The van der Waals surface area contributed by atoms with E-state index < -0.39 is 35.3 Å². The summed E-state index contributed by atoms with van der Waals surface area (Å²) in [5.74, 6) is -14.6. The number of aliphatic hydroxyl groups is 1. The SMILES string of the molecule is [O-][C]1C(F)=C(F)C(F)=C(F)C1(O)F. The lowest BCUT2D eigenvalue weighted by atomic mass is 10.0. The molecule has 13 heavy (non-hydrogen) atoms. The van der Waals surface area contributed by atoms with Crippen LogP contribution < -0.4 is 5.11 Å². The average Bonchev–Trinajstić information content (AvgIpc) is 2.09. The van der Waals surface area contributed by atoms with Crippen molar-refractivity contribution in [1.82, 2.24) is 0 Å². The monoisotopic (exact) mass is 200 g/mol. The van der Waals surface area contributed by atoms with Crippen LogP contribution in [0.25, 0.3) is 0 Å². The van der Waals surface area contributed by atoms with Gasteiger partial charge in [0.15, 0.2) is 11.7 Å². The highest BCUT2D eigenvalue weighted by Gasteiger charge is 2.46. The molecular formula is C6HF5O2-. The maximum atomic E-state index is 12.4. The molecule has 0 amide bonds. The van der Waals surface area contributed by atoms with Gasteiger partial charge in [-0.3, -0.25) is 0 Å². The van der Waals surface area contributed by atoms with Crippen LogP contribution in [-0.2, 0) is 0 Å². The zero-order chi connectivity index (χ0) is 10.4. The molecule has 1 unspecified atom stereocenters. The van der Waals surface area contributed by atoms with Crippen molar-refractivity contribution in [3.63, 3.8) is 0 Å². The zero-order valence-electron chi connectivity index (χ0n) is 5.75. The highest BCUT2D eigenvalue weighted by atomic mass is 19.2. The molecule has 0 heterocycles. The third-order valence-corrected chi connectivity index (χ3v) is 1.37. The van der Waals surface area contributed by atoms with Gasteiger partial charge in [0.1, 0.15) is 5.83 Å². The second-order valence-corrected chi connectivity index (χ2v) is 2.21. The Balaban J connectivity index is 3.32. The molecule has 0 spiro atoms. The first-order chi connectivity index (χ1) is 5.80. The number of halogens is 5. The van der Waals surface area contributed by atoms with Gasteiger partial charge in [0, 0.05) is 6.10 Å². The van der Waals surface area contributed by atoms with Gasteiger partial charge in [-0.25, -0.2) is 22.0 Å². The Morgan fingerprint density at radius 2 is 1.46 bits per heavy atom. The smallest absolute Gasteiger partial charge is 0.259 e. The summed E-state index contributed by atoms with van der Waals surface area (Å²) in [5, 5.41) is 18.5. The highest BCUT2D eigenvalue weighted by Crippen LogP contribution is 2.43. The number of hydrogen-bond donors (Lipinski definition) is 1. The van der Waals surface area contributed by atoms with E-state index in [0.717, 1.165) is 0 Å². The molecule has 0 aliphatic heterocycles. The van der Waals surface area contributed by atoms with Gasteiger partial charge < -0.3 is 10.2 Å². The first-order valence-corrected chi connectivity index (χ1v) is 2.87. The fraction of sp³-hybridized carbons (Fsp3) is 0.167. The Morgan fingerprint density at radius 3 is 1.92 bits per heavy atom. The quantitative estimate of drug-likeness (QED) is 0.589. The highest BCUT2D eigenvalue weighted by molar-refractivity contribution is 5.41. The first kappa shape index (κ1) is 10.1. The van der Waals surface area contributed by atoms with Crippen LogP contribution in [0.5, 0.6) is 0 Å². The summed E-state index contributed by atoms with van der Waals surface area (Å²) in [6, 6.07) is 0. The van der Waals surface area contributed by atoms with E-state index in [1.54, 1.807) is 0 Å². The molecule has 1 radical (unpaired) electrons. The zero-order valence-corrected chi connectivity index (χ0v) is 5.75. The van der Waals surface area contributed by atoms with E-state index in [1.165, 1.54) is 0 Å². The maximum Gasteiger partial charge on any atom is 0.259 e. The standard InChI is InChI=1S/C6HF5O2/c7-1-2(8)4(10)6(11,13)5(12)3(1)9/h13H/q-1. The molecule has 0 aromatic rings. The van der Waals surface area contributed by atoms with Crippen molar-refractivity contribution in [2.75, 3.05) is 0 Å². The first-order valence-electron chi connectivity index (χ1n) is 2.87. The van der Waals surface area contributed by atoms with Gasteiger partial charge in [0.25, 0.3) is 5.85 Å². The minimum atomic E-state index is -4.45. The number of allylic oxidation sites excluding steroid dienone is 2. The topological polar surface area (TPSA) is 43.3 Å². The third-order valence-electron chi connectivity index (χ3n) is 1.37. The van der Waals surface area contributed by atoms with Crippen molar-refractivity contribution in [2.24, 2.45) is 0 Å². The lowest BCUT2D eigenvalue weighted by molar-refractivity contribution is -0.393. The van der Waals surface area contributed by atoms with Gasteiger partial charge in [-0.15, -0.1) is 0 Å². The largest absolute Gasteiger partial charge is 0.840 e. The Kier molecular flexibility index (Phi) is 2.16. The van der Waals surface area contributed by atoms with Gasteiger partial charge in [0.05, 0.1) is 0 Å². The molecule has 0 fully saturated rings. The number of rotatable bonds is 0. The Hall–Kier alpha value is -0.950. The average molecular weight is 200 g/mol. The molecule has 1 rings (SSSR count). The summed E-state index contributed by atoms with van der Waals surface area (Å²) < 4.78 is 61.2. The van der Waals surface area contributed by atoms with Gasteiger partial charge in [0.2, 0.25) is 5.83 Å². The van der Waals surface area contributed by atoms with Crippen molar-refractivity contribution < 1.29 is 32.2 Å². The molecule has 7 heteroatoms. The van der Waals surface area contributed by atoms with E-state index in [9.17, 15) is 27.1 Å². The predicted octanol–water partition coefficient (Wildman–Crippen LogP) is 0.852. The summed E-state index contributed by atoms with van der Waals surface area (Å²) >= 11 is 0. The summed E-state index contributed by atoms with van der Waals surface area (Å²) in [5.41, 5.74) is 0. The number of alkyl halides is 1. The Labute approximate surface area is 68.6 Å². The summed E-state index contributed by atoms with van der Waals surface area (Å²) in [7, 11) is 0. The van der Waals surface area contributed by atoms with Crippen LogP contribution in [0.2, 0.25) is 0 Å². The fourth-order valence-electron chi connectivity index (χ4n) is 0.683. The fourth-order valence-corrected chi connectivity index (χ4v) is 0.683. The van der Waals surface area contributed by atoms with Crippen LogP contribution in [0.3, 0.4) is 0 Å². The molecule has 0 aromatic heterocycles. The molecule has 1 aliphatic carbocycles. The van der Waals surface area contributed by atoms with E-state index in [4.69, 9.17) is 5.11 Å². The molecule has 0 saturated carbocycles. The molecule has 1 N–H and O–H groups in total. The molecule has 2 nitrogen and oxygen atoms in total. The Morgan fingerprint density at radius 1 is 1.00 bits per heavy atom. The Bertz CT molecular complexity index is 306. The minimum Gasteiger partial charge on any atom is -0.840 e. The summed E-state index contributed by atoms with van der Waals surface area (Å²) in [4.78, 5) is 0. The summed E-state index contributed by atoms with van der Waals surface area (Å²) in [6.45, 7) is 0. The van der Waals surface area contributed by atoms with Crippen LogP contribution in [0.4, 0.5) is 22.0 Å². The lowest BCUT2D eigenvalue weighted by Gasteiger charge is -2.33. The number of hydrogen-bond acceptors (Lipinski definition) is 2. The maximum absolute atomic E-state index is 12.4. The molecule has 1 atom stereocenters.